The highest BCUT2D eigenvalue weighted by Gasteiger charge is 2.38. The average Bonchev–Trinajstić information content (AvgIpc) is 2.42. The van der Waals surface area contributed by atoms with Crippen molar-refractivity contribution in [2.75, 3.05) is 0 Å². The predicted octanol–water partition coefficient (Wildman–Crippen LogP) is 4.81. The topological polar surface area (TPSA) is 12.0 Å². The molecule has 0 saturated heterocycles. The molecule has 1 aliphatic rings. The summed E-state index contributed by atoms with van der Waals surface area (Å²) >= 11 is 0. The lowest BCUT2D eigenvalue weighted by Gasteiger charge is -2.38. The highest BCUT2D eigenvalue weighted by Crippen LogP contribution is 2.40. The molecule has 1 unspecified atom stereocenters. The summed E-state index contributed by atoms with van der Waals surface area (Å²) in [6.45, 7) is 21.1. The van der Waals surface area contributed by atoms with Crippen molar-refractivity contribution in [3.8, 4) is 0 Å². The first kappa shape index (κ1) is 15.7. The first-order chi connectivity index (χ1) is 8.03. The zero-order chi connectivity index (χ0) is 14.3. The molecule has 0 fully saturated rings. The average molecular weight is 266 g/mol. The van der Waals surface area contributed by atoms with Gasteiger partial charge >= 0.3 is 0 Å². The second-order valence-electron chi connectivity index (χ2n) is 7.06. The maximum atomic E-state index is 3.98. The van der Waals surface area contributed by atoms with Crippen LogP contribution in [0.4, 0.5) is 0 Å². The van der Waals surface area contributed by atoms with Crippen molar-refractivity contribution in [2.24, 2.45) is 5.92 Å². The Balaban J connectivity index is 3.09. The summed E-state index contributed by atoms with van der Waals surface area (Å²) in [7, 11) is -1.55. The molecule has 0 aliphatic heterocycles. The van der Waals surface area contributed by atoms with Gasteiger partial charge in [0.1, 0.15) is 8.24 Å². The van der Waals surface area contributed by atoms with Crippen LogP contribution in [0.5, 0.6) is 0 Å². The van der Waals surface area contributed by atoms with Crippen LogP contribution >= 0.6 is 0 Å². The molecule has 1 nitrogen and oxygen atoms in total. The van der Waals surface area contributed by atoms with Crippen molar-refractivity contribution >= 4 is 8.24 Å². The van der Waals surface area contributed by atoms with E-state index in [0.29, 0.717) is 5.92 Å². The van der Waals surface area contributed by atoms with Crippen molar-refractivity contribution in [3.63, 3.8) is 0 Å². The van der Waals surface area contributed by atoms with E-state index in [1.54, 1.807) is 16.3 Å². The van der Waals surface area contributed by atoms with Crippen molar-refractivity contribution in [1.29, 1.82) is 0 Å². The minimum Gasteiger partial charge on any atom is -0.329 e. The Hall–Kier alpha value is -0.343. The third-order valence-corrected chi connectivity index (χ3v) is 8.31. The van der Waals surface area contributed by atoms with Crippen LogP contribution in [-0.2, 0) is 0 Å². The van der Waals surface area contributed by atoms with Crippen LogP contribution in [0.1, 0.15) is 54.9 Å². The van der Waals surface area contributed by atoms with E-state index in [1.165, 1.54) is 12.0 Å². The molecule has 0 aromatic rings. The minimum atomic E-state index is -1.55. The highest BCUT2D eigenvalue weighted by molar-refractivity contribution is 6.82. The first-order valence-corrected chi connectivity index (χ1v) is 10.2. The number of rotatable bonds is 4. The molecule has 0 saturated carbocycles. The largest absolute Gasteiger partial charge is 0.329 e. The van der Waals surface area contributed by atoms with Crippen LogP contribution < -0.4 is 4.98 Å². The van der Waals surface area contributed by atoms with Crippen LogP contribution in [-0.4, -0.2) is 13.8 Å². The summed E-state index contributed by atoms with van der Waals surface area (Å²) in [5, 5.41) is 1.71. The Morgan fingerprint density at radius 3 is 1.94 bits per heavy atom. The fraction of sp³-hybridized carbons (Fsp3) is 0.750. The van der Waals surface area contributed by atoms with Gasteiger partial charge in [0.25, 0.3) is 0 Å². The summed E-state index contributed by atoms with van der Waals surface area (Å²) in [6.07, 6.45) is 1.18. The molecule has 0 aromatic carbocycles. The predicted molar refractivity (Wildman–Crippen MR) is 85.2 cm³/mol. The van der Waals surface area contributed by atoms with Crippen LogP contribution in [0.3, 0.4) is 0 Å². The van der Waals surface area contributed by atoms with Gasteiger partial charge in [-0.1, -0.05) is 43.3 Å². The fourth-order valence-corrected chi connectivity index (χ4v) is 7.80. The number of nitrogens with one attached hydrogen (secondary N) is 1. The molecule has 0 radical (unpaired) electrons. The van der Waals surface area contributed by atoms with E-state index in [2.05, 4.69) is 66.5 Å². The normalized spacial score (nSPS) is 22.2. The van der Waals surface area contributed by atoms with E-state index in [9.17, 15) is 0 Å². The molecule has 2 heteroatoms. The first-order valence-electron chi connectivity index (χ1n) is 7.22. The molecular formula is C16H31NSi. The van der Waals surface area contributed by atoms with Gasteiger partial charge in [0.2, 0.25) is 0 Å². The molecule has 1 rings (SSSR count). The quantitative estimate of drug-likeness (QED) is 0.719. The number of hydrogen-bond acceptors (Lipinski definition) is 1. The van der Waals surface area contributed by atoms with Gasteiger partial charge in [-0.2, -0.15) is 0 Å². The van der Waals surface area contributed by atoms with Crippen molar-refractivity contribution < 1.29 is 0 Å². The van der Waals surface area contributed by atoms with Gasteiger partial charge in [-0.25, -0.2) is 0 Å². The van der Waals surface area contributed by atoms with Gasteiger partial charge in [0.05, 0.1) is 0 Å². The van der Waals surface area contributed by atoms with Crippen LogP contribution in [0.25, 0.3) is 0 Å². The van der Waals surface area contributed by atoms with E-state index >= 15 is 0 Å². The van der Waals surface area contributed by atoms with Crippen LogP contribution in [0.15, 0.2) is 21.9 Å². The monoisotopic (exact) mass is 265 g/mol. The Kier molecular flexibility index (Phi) is 4.34. The molecule has 1 atom stereocenters. The molecule has 0 amide bonds. The SMILES string of the molecule is CCC(C)(C)N[Si](C)(C)C1=C(C)C(C)=C(C)C1C. The Labute approximate surface area is 115 Å². The van der Waals surface area contributed by atoms with E-state index < -0.39 is 8.24 Å². The van der Waals surface area contributed by atoms with E-state index in [4.69, 9.17) is 0 Å². The molecule has 0 aromatic heterocycles. The molecular weight excluding hydrogens is 234 g/mol. The van der Waals surface area contributed by atoms with Crippen molar-refractivity contribution in [3.05, 3.63) is 21.9 Å². The van der Waals surface area contributed by atoms with Gasteiger partial charge in [-0.3, -0.25) is 0 Å². The van der Waals surface area contributed by atoms with Gasteiger partial charge in [0.15, 0.2) is 0 Å². The Bertz CT molecular complexity index is 399. The summed E-state index contributed by atoms with van der Waals surface area (Å²) in [5.74, 6) is 0.631. The summed E-state index contributed by atoms with van der Waals surface area (Å²) in [5.41, 5.74) is 4.89. The molecule has 104 valence electrons. The zero-order valence-corrected chi connectivity index (χ0v) is 14.8. The number of allylic oxidation sites excluding steroid dienone is 4. The molecule has 0 spiro atoms. The van der Waals surface area contributed by atoms with Gasteiger partial charge in [-0.05, 0) is 52.5 Å². The molecule has 1 N–H and O–H groups in total. The zero-order valence-electron chi connectivity index (χ0n) is 13.8. The smallest absolute Gasteiger partial charge is 0.148 e. The molecule has 0 bridgehead atoms. The van der Waals surface area contributed by atoms with Crippen molar-refractivity contribution in [2.45, 2.75) is 73.5 Å². The third kappa shape index (κ3) is 2.80. The lowest BCUT2D eigenvalue weighted by Crippen LogP contribution is -2.57. The fourth-order valence-electron chi connectivity index (χ4n) is 3.38. The second-order valence-corrected chi connectivity index (χ2v) is 11.1. The molecule has 0 heterocycles. The summed E-state index contributed by atoms with van der Waals surface area (Å²) in [6, 6.07) is 0. The van der Waals surface area contributed by atoms with E-state index in [0.717, 1.165) is 0 Å². The lowest BCUT2D eigenvalue weighted by molar-refractivity contribution is 0.446. The molecule has 1 aliphatic carbocycles. The number of hydrogen-bond donors (Lipinski definition) is 1. The molecule has 18 heavy (non-hydrogen) atoms. The van der Waals surface area contributed by atoms with Gasteiger partial charge in [-0.15, -0.1) is 0 Å². The van der Waals surface area contributed by atoms with E-state index in [1.807, 2.05) is 0 Å². The Morgan fingerprint density at radius 2 is 1.61 bits per heavy atom. The van der Waals surface area contributed by atoms with Crippen LogP contribution in [0.2, 0.25) is 13.1 Å². The third-order valence-electron chi connectivity index (χ3n) is 4.85. The second kappa shape index (κ2) is 4.97. The lowest BCUT2D eigenvalue weighted by atomic mass is 10.0. The minimum absolute atomic E-state index is 0.243. The van der Waals surface area contributed by atoms with Crippen LogP contribution in [0, 0.1) is 5.92 Å². The maximum absolute atomic E-state index is 3.98. The van der Waals surface area contributed by atoms with Crippen molar-refractivity contribution in [1.82, 2.24) is 4.98 Å². The van der Waals surface area contributed by atoms with Gasteiger partial charge < -0.3 is 4.98 Å². The summed E-state index contributed by atoms with van der Waals surface area (Å²) < 4.78 is 0. The van der Waals surface area contributed by atoms with E-state index in [-0.39, 0.29) is 5.54 Å². The standard InChI is InChI=1S/C16H31NSi/c1-10-16(6,7)17-18(8,9)15-13(4)11(2)12(3)14(15)5/h13,17H,10H2,1-9H3. The Morgan fingerprint density at radius 1 is 1.11 bits per heavy atom. The summed E-state index contributed by atoms with van der Waals surface area (Å²) in [4.78, 5) is 3.98. The maximum Gasteiger partial charge on any atom is 0.148 e. The highest BCUT2D eigenvalue weighted by atomic mass is 28.3. The van der Waals surface area contributed by atoms with Gasteiger partial charge in [0, 0.05) is 5.54 Å².